The predicted molar refractivity (Wildman–Crippen MR) is 51.9 cm³/mol. The van der Waals surface area contributed by atoms with E-state index in [9.17, 15) is 4.79 Å². The SMILES string of the molecule is Cc1ccc2cnc(C(=O)O)n2c1Cl. The zero-order valence-corrected chi connectivity index (χ0v) is 8.12. The number of carboxylic acids is 1. The number of nitrogens with zero attached hydrogens (tertiary/aromatic N) is 2. The highest BCUT2D eigenvalue weighted by Crippen LogP contribution is 2.19. The van der Waals surface area contributed by atoms with Gasteiger partial charge in [0.2, 0.25) is 5.82 Å². The fourth-order valence-electron chi connectivity index (χ4n) is 1.30. The monoisotopic (exact) mass is 210 g/mol. The van der Waals surface area contributed by atoms with Gasteiger partial charge in [-0.25, -0.2) is 9.78 Å². The number of hydrogen-bond donors (Lipinski definition) is 1. The minimum atomic E-state index is -1.09. The van der Waals surface area contributed by atoms with E-state index in [2.05, 4.69) is 4.98 Å². The molecule has 0 amide bonds. The second kappa shape index (κ2) is 2.99. The number of halogens is 1. The molecule has 0 saturated heterocycles. The average molecular weight is 211 g/mol. The van der Waals surface area contributed by atoms with Crippen LogP contribution in [-0.4, -0.2) is 20.5 Å². The van der Waals surface area contributed by atoms with E-state index in [0.29, 0.717) is 10.7 Å². The highest BCUT2D eigenvalue weighted by atomic mass is 35.5. The molecule has 0 radical (unpaired) electrons. The molecule has 0 aromatic carbocycles. The van der Waals surface area contributed by atoms with Gasteiger partial charge in [0.05, 0.1) is 11.7 Å². The number of rotatable bonds is 1. The van der Waals surface area contributed by atoms with Crippen molar-refractivity contribution in [2.24, 2.45) is 0 Å². The second-order valence-electron chi connectivity index (χ2n) is 2.95. The summed E-state index contributed by atoms with van der Waals surface area (Å²) in [6.07, 6.45) is 1.48. The maximum atomic E-state index is 10.8. The summed E-state index contributed by atoms with van der Waals surface area (Å²) in [6.45, 7) is 1.81. The number of hydrogen-bond acceptors (Lipinski definition) is 2. The molecule has 72 valence electrons. The van der Waals surface area contributed by atoms with E-state index in [-0.39, 0.29) is 5.82 Å². The van der Waals surface area contributed by atoms with Crippen LogP contribution in [-0.2, 0) is 0 Å². The first-order chi connectivity index (χ1) is 6.61. The molecule has 0 bridgehead atoms. The summed E-state index contributed by atoms with van der Waals surface area (Å²) >= 11 is 5.98. The van der Waals surface area contributed by atoms with Crippen LogP contribution in [0.5, 0.6) is 0 Å². The van der Waals surface area contributed by atoms with Gasteiger partial charge in [-0.3, -0.25) is 4.40 Å². The Kier molecular flexibility index (Phi) is 1.93. The molecule has 0 fully saturated rings. The van der Waals surface area contributed by atoms with Crippen molar-refractivity contribution in [3.05, 3.63) is 34.9 Å². The van der Waals surface area contributed by atoms with Crippen molar-refractivity contribution in [2.45, 2.75) is 6.92 Å². The van der Waals surface area contributed by atoms with E-state index in [4.69, 9.17) is 16.7 Å². The van der Waals surface area contributed by atoms with Crippen LogP contribution in [0.25, 0.3) is 5.52 Å². The van der Waals surface area contributed by atoms with Crippen molar-refractivity contribution in [3.8, 4) is 0 Å². The zero-order chi connectivity index (χ0) is 10.3. The first-order valence-electron chi connectivity index (χ1n) is 3.97. The van der Waals surface area contributed by atoms with Crippen LogP contribution in [0.4, 0.5) is 0 Å². The molecule has 4 nitrogen and oxygen atoms in total. The topological polar surface area (TPSA) is 54.6 Å². The molecular formula is C9H7ClN2O2. The molecule has 0 aliphatic heterocycles. The van der Waals surface area contributed by atoms with Crippen LogP contribution in [0, 0.1) is 6.92 Å². The van der Waals surface area contributed by atoms with E-state index < -0.39 is 5.97 Å². The van der Waals surface area contributed by atoms with Gasteiger partial charge in [-0.1, -0.05) is 17.7 Å². The number of aromatic nitrogens is 2. The molecule has 0 aliphatic rings. The predicted octanol–water partition coefficient (Wildman–Crippen LogP) is 1.99. The second-order valence-corrected chi connectivity index (χ2v) is 3.31. The Morgan fingerprint density at radius 3 is 2.93 bits per heavy atom. The fourth-order valence-corrected chi connectivity index (χ4v) is 1.54. The van der Waals surface area contributed by atoms with Crippen LogP contribution >= 0.6 is 11.6 Å². The largest absolute Gasteiger partial charge is 0.475 e. The van der Waals surface area contributed by atoms with Crippen molar-refractivity contribution in [2.75, 3.05) is 0 Å². The Morgan fingerprint density at radius 1 is 1.57 bits per heavy atom. The quantitative estimate of drug-likeness (QED) is 0.733. The van der Waals surface area contributed by atoms with Crippen molar-refractivity contribution in [1.82, 2.24) is 9.38 Å². The lowest BCUT2D eigenvalue weighted by molar-refractivity contribution is 0.0683. The van der Waals surface area contributed by atoms with Gasteiger partial charge in [0.1, 0.15) is 5.15 Å². The molecule has 0 saturated carbocycles. The standard InChI is InChI=1S/C9H7ClN2O2/c1-5-2-3-6-4-11-8(9(13)14)12(6)7(5)10/h2-4H,1H3,(H,13,14). The van der Waals surface area contributed by atoms with Crippen LogP contribution in [0.1, 0.15) is 16.2 Å². The lowest BCUT2D eigenvalue weighted by Gasteiger charge is -2.02. The summed E-state index contributed by atoms with van der Waals surface area (Å²) in [7, 11) is 0. The molecular weight excluding hydrogens is 204 g/mol. The minimum absolute atomic E-state index is 0.0614. The number of fused-ring (bicyclic) bond motifs is 1. The maximum Gasteiger partial charge on any atom is 0.372 e. The lowest BCUT2D eigenvalue weighted by Crippen LogP contribution is -2.04. The van der Waals surface area contributed by atoms with Gasteiger partial charge in [-0.15, -0.1) is 0 Å². The summed E-state index contributed by atoms with van der Waals surface area (Å²) < 4.78 is 1.42. The smallest absolute Gasteiger partial charge is 0.372 e. The molecule has 2 rings (SSSR count). The summed E-state index contributed by atoms with van der Waals surface area (Å²) in [6, 6.07) is 3.60. The summed E-state index contributed by atoms with van der Waals surface area (Å²) in [4.78, 5) is 14.6. The van der Waals surface area contributed by atoms with Gasteiger partial charge in [-0.2, -0.15) is 0 Å². The normalized spacial score (nSPS) is 10.7. The third-order valence-corrected chi connectivity index (χ3v) is 2.47. The van der Waals surface area contributed by atoms with Crippen molar-refractivity contribution in [3.63, 3.8) is 0 Å². The van der Waals surface area contributed by atoms with E-state index in [1.807, 2.05) is 13.0 Å². The Bertz CT molecular complexity index is 519. The highest BCUT2D eigenvalue weighted by Gasteiger charge is 2.13. The number of carboxylic acid groups (broad SMARTS) is 1. The number of aromatic carboxylic acids is 1. The van der Waals surface area contributed by atoms with E-state index in [0.717, 1.165) is 5.56 Å². The number of imidazole rings is 1. The Hall–Kier alpha value is -1.55. The summed E-state index contributed by atoms with van der Waals surface area (Å²) in [5.74, 6) is -1.15. The van der Waals surface area contributed by atoms with Crippen molar-refractivity contribution >= 4 is 23.1 Å². The fraction of sp³-hybridized carbons (Fsp3) is 0.111. The third kappa shape index (κ3) is 1.15. The molecule has 0 atom stereocenters. The molecule has 2 aromatic heterocycles. The number of carbonyl (C=O) groups is 1. The van der Waals surface area contributed by atoms with Crippen molar-refractivity contribution in [1.29, 1.82) is 0 Å². The summed E-state index contributed by atoms with van der Waals surface area (Å²) in [5, 5.41) is 9.23. The minimum Gasteiger partial charge on any atom is -0.475 e. The first-order valence-corrected chi connectivity index (χ1v) is 4.35. The Labute approximate surface area is 84.8 Å². The molecule has 0 spiro atoms. The van der Waals surface area contributed by atoms with Crippen molar-refractivity contribution < 1.29 is 9.90 Å². The third-order valence-electron chi connectivity index (χ3n) is 2.01. The van der Waals surface area contributed by atoms with Gasteiger partial charge in [0, 0.05) is 0 Å². The van der Waals surface area contributed by atoms with E-state index in [1.165, 1.54) is 10.6 Å². The van der Waals surface area contributed by atoms with Gasteiger partial charge in [-0.05, 0) is 18.6 Å². The van der Waals surface area contributed by atoms with Crippen LogP contribution in [0.2, 0.25) is 5.15 Å². The molecule has 2 heterocycles. The Morgan fingerprint density at radius 2 is 2.29 bits per heavy atom. The number of aryl methyl sites for hydroxylation is 1. The van der Waals surface area contributed by atoms with Gasteiger partial charge in [0.15, 0.2) is 0 Å². The van der Waals surface area contributed by atoms with Gasteiger partial charge >= 0.3 is 5.97 Å². The van der Waals surface area contributed by atoms with Crippen LogP contribution in [0.3, 0.4) is 0 Å². The average Bonchev–Trinajstić information content (AvgIpc) is 2.55. The Balaban J connectivity index is 2.89. The molecule has 1 N–H and O–H groups in total. The van der Waals surface area contributed by atoms with E-state index >= 15 is 0 Å². The molecule has 14 heavy (non-hydrogen) atoms. The van der Waals surface area contributed by atoms with Crippen LogP contribution in [0.15, 0.2) is 18.3 Å². The first kappa shape index (κ1) is 9.02. The van der Waals surface area contributed by atoms with Crippen LogP contribution < -0.4 is 0 Å². The zero-order valence-electron chi connectivity index (χ0n) is 7.36. The lowest BCUT2D eigenvalue weighted by atomic mass is 10.3. The molecule has 0 unspecified atom stereocenters. The number of pyridine rings is 1. The maximum absolute atomic E-state index is 10.8. The van der Waals surface area contributed by atoms with Gasteiger partial charge in [0.25, 0.3) is 0 Å². The van der Waals surface area contributed by atoms with Gasteiger partial charge < -0.3 is 5.11 Å². The summed E-state index contributed by atoms with van der Waals surface area (Å²) in [5.41, 5.74) is 1.50. The molecule has 5 heteroatoms. The highest BCUT2D eigenvalue weighted by molar-refractivity contribution is 6.30. The molecule has 2 aromatic rings. The molecule has 0 aliphatic carbocycles. The van der Waals surface area contributed by atoms with E-state index in [1.54, 1.807) is 6.07 Å².